The quantitative estimate of drug-likeness (QED) is 0.270. The van der Waals surface area contributed by atoms with Crippen molar-refractivity contribution < 1.29 is 4.74 Å². The van der Waals surface area contributed by atoms with E-state index in [0.717, 1.165) is 16.6 Å². The van der Waals surface area contributed by atoms with Gasteiger partial charge >= 0.3 is 0 Å². The number of nitrogens with one attached hydrogen (secondary N) is 3. The van der Waals surface area contributed by atoms with Crippen molar-refractivity contribution in [3.8, 4) is 23.0 Å². The maximum Gasteiger partial charge on any atom is 0.219 e. The van der Waals surface area contributed by atoms with E-state index in [1.54, 1.807) is 48.7 Å². The van der Waals surface area contributed by atoms with Crippen molar-refractivity contribution in [3.05, 3.63) is 71.9 Å². The molecule has 0 saturated carbocycles. The Kier molecular flexibility index (Phi) is 4.21. The van der Waals surface area contributed by atoms with Crippen LogP contribution in [0.1, 0.15) is 11.1 Å². The summed E-state index contributed by atoms with van der Waals surface area (Å²) in [5.41, 5.74) is 14.6. The van der Waals surface area contributed by atoms with Crippen LogP contribution in [0.4, 0.5) is 0 Å². The number of hydrogen-bond donors (Lipinski definition) is 5. The Hall–Kier alpha value is -4.20. The monoisotopic (exact) mass is 371 g/mol. The molecule has 0 bridgehead atoms. The van der Waals surface area contributed by atoms with Gasteiger partial charge in [0.1, 0.15) is 23.2 Å². The van der Waals surface area contributed by atoms with E-state index in [1.165, 1.54) is 0 Å². The van der Waals surface area contributed by atoms with Gasteiger partial charge in [0.15, 0.2) is 0 Å². The molecule has 2 aromatic heterocycles. The van der Waals surface area contributed by atoms with Crippen LogP contribution >= 0.6 is 0 Å². The topological polar surface area (TPSA) is 151 Å². The average molecular weight is 371 g/mol. The van der Waals surface area contributed by atoms with Gasteiger partial charge in [0, 0.05) is 29.0 Å². The summed E-state index contributed by atoms with van der Waals surface area (Å²) in [5, 5.41) is 14.9. The first-order chi connectivity index (χ1) is 13.5. The second-order valence-corrected chi connectivity index (χ2v) is 6.16. The summed E-state index contributed by atoms with van der Waals surface area (Å²) < 4.78 is 5.71. The van der Waals surface area contributed by atoms with E-state index >= 15 is 0 Å². The summed E-state index contributed by atoms with van der Waals surface area (Å²) in [6.07, 6.45) is 1.67. The van der Waals surface area contributed by atoms with Crippen molar-refractivity contribution in [1.82, 2.24) is 15.0 Å². The highest BCUT2D eigenvalue weighted by atomic mass is 16.5. The fourth-order valence-electron chi connectivity index (χ4n) is 2.72. The largest absolute Gasteiger partial charge is 0.439 e. The van der Waals surface area contributed by atoms with Gasteiger partial charge in [0.25, 0.3) is 0 Å². The maximum absolute atomic E-state index is 7.53. The number of aromatic nitrogens is 3. The molecule has 8 heteroatoms. The lowest BCUT2D eigenvalue weighted by Crippen LogP contribution is -2.10. The Balaban J connectivity index is 1.55. The van der Waals surface area contributed by atoms with Crippen LogP contribution < -0.4 is 16.2 Å². The number of nitrogen functional groups attached to an aromatic ring is 2. The molecule has 4 rings (SSSR count). The SMILES string of the molecule is N=C(N)c1ccc(Oc2ccc(-c3nc4ccc(C(=N)N)cc4[nH]3)cn2)cc1. The molecule has 0 aliphatic carbocycles. The number of ether oxygens (including phenoxy) is 1. The molecule has 7 N–H and O–H groups in total. The number of nitrogens with two attached hydrogens (primary N) is 2. The van der Waals surface area contributed by atoms with Crippen LogP contribution in [-0.4, -0.2) is 26.6 Å². The summed E-state index contributed by atoms with van der Waals surface area (Å²) in [4.78, 5) is 12.1. The number of pyridine rings is 1. The number of H-pyrrole nitrogens is 1. The van der Waals surface area contributed by atoms with Crippen molar-refractivity contribution >= 4 is 22.7 Å². The highest BCUT2D eigenvalue weighted by molar-refractivity contribution is 5.98. The Morgan fingerprint density at radius 3 is 2.25 bits per heavy atom. The summed E-state index contributed by atoms with van der Waals surface area (Å²) in [5.74, 6) is 1.73. The van der Waals surface area contributed by atoms with Gasteiger partial charge < -0.3 is 21.2 Å². The predicted octanol–water partition coefficient (Wildman–Crippen LogP) is 2.99. The van der Waals surface area contributed by atoms with Crippen molar-refractivity contribution in [2.24, 2.45) is 11.5 Å². The molecule has 0 atom stereocenters. The third-order valence-electron chi connectivity index (χ3n) is 4.19. The van der Waals surface area contributed by atoms with Crippen LogP contribution in [0, 0.1) is 10.8 Å². The van der Waals surface area contributed by atoms with Gasteiger partial charge in [-0.3, -0.25) is 10.8 Å². The standard InChI is InChI=1S/C20H17N7O/c21-18(22)11-1-5-14(6-2-11)28-17-8-4-13(10-25-17)20-26-15-7-3-12(19(23)24)9-16(15)27-20/h1-10H,(H3,21,22)(H3,23,24)(H,26,27). The molecular weight excluding hydrogens is 354 g/mol. The van der Waals surface area contributed by atoms with E-state index in [2.05, 4.69) is 15.0 Å². The number of rotatable bonds is 5. The minimum atomic E-state index is 0.00952. The van der Waals surface area contributed by atoms with E-state index in [-0.39, 0.29) is 11.7 Å². The minimum Gasteiger partial charge on any atom is -0.439 e. The highest BCUT2D eigenvalue weighted by Gasteiger charge is 2.08. The molecular formula is C20H17N7O. The van der Waals surface area contributed by atoms with Crippen LogP contribution in [0.15, 0.2) is 60.8 Å². The molecule has 0 fully saturated rings. The van der Waals surface area contributed by atoms with Crippen LogP contribution in [-0.2, 0) is 0 Å². The number of fused-ring (bicyclic) bond motifs is 1. The van der Waals surface area contributed by atoms with Gasteiger partial charge in [-0.2, -0.15) is 0 Å². The number of amidine groups is 2. The molecule has 28 heavy (non-hydrogen) atoms. The third kappa shape index (κ3) is 3.38. The Morgan fingerprint density at radius 1 is 0.893 bits per heavy atom. The molecule has 138 valence electrons. The van der Waals surface area contributed by atoms with Crippen molar-refractivity contribution in [3.63, 3.8) is 0 Å². The molecule has 0 aliphatic rings. The minimum absolute atomic E-state index is 0.00952. The summed E-state index contributed by atoms with van der Waals surface area (Å²) in [6.45, 7) is 0. The zero-order valence-corrected chi connectivity index (χ0v) is 14.7. The Morgan fingerprint density at radius 2 is 1.61 bits per heavy atom. The lowest BCUT2D eigenvalue weighted by atomic mass is 10.2. The summed E-state index contributed by atoms with van der Waals surface area (Å²) >= 11 is 0. The van der Waals surface area contributed by atoms with Gasteiger partial charge in [-0.25, -0.2) is 9.97 Å². The van der Waals surface area contributed by atoms with Gasteiger partial charge in [-0.1, -0.05) is 0 Å². The fraction of sp³-hybridized carbons (Fsp3) is 0. The lowest BCUT2D eigenvalue weighted by Gasteiger charge is -2.06. The number of aromatic amines is 1. The second kappa shape index (κ2) is 6.84. The first-order valence-corrected chi connectivity index (χ1v) is 8.42. The predicted molar refractivity (Wildman–Crippen MR) is 108 cm³/mol. The molecule has 0 radical (unpaired) electrons. The normalized spacial score (nSPS) is 10.7. The van der Waals surface area contributed by atoms with E-state index in [0.29, 0.717) is 28.6 Å². The van der Waals surface area contributed by atoms with E-state index < -0.39 is 0 Å². The second-order valence-electron chi connectivity index (χ2n) is 6.16. The molecule has 2 heterocycles. The fourth-order valence-corrected chi connectivity index (χ4v) is 2.72. The molecule has 0 spiro atoms. The van der Waals surface area contributed by atoms with E-state index in [4.69, 9.17) is 27.0 Å². The van der Waals surface area contributed by atoms with E-state index in [9.17, 15) is 0 Å². The zero-order chi connectivity index (χ0) is 19.7. The molecule has 0 amide bonds. The molecule has 0 aliphatic heterocycles. The Bertz CT molecular complexity index is 1180. The van der Waals surface area contributed by atoms with Crippen LogP contribution in [0.5, 0.6) is 11.6 Å². The van der Waals surface area contributed by atoms with Crippen molar-refractivity contribution in [1.29, 1.82) is 10.8 Å². The van der Waals surface area contributed by atoms with Crippen LogP contribution in [0.25, 0.3) is 22.4 Å². The van der Waals surface area contributed by atoms with Crippen molar-refractivity contribution in [2.75, 3.05) is 0 Å². The number of imidazole rings is 1. The van der Waals surface area contributed by atoms with E-state index in [1.807, 2.05) is 12.1 Å². The van der Waals surface area contributed by atoms with Gasteiger partial charge in [0.05, 0.1) is 11.0 Å². The van der Waals surface area contributed by atoms with Gasteiger partial charge in [-0.05, 0) is 48.5 Å². The maximum atomic E-state index is 7.53. The molecule has 8 nitrogen and oxygen atoms in total. The molecule has 0 unspecified atom stereocenters. The van der Waals surface area contributed by atoms with Gasteiger partial charge in [-0.15, -0.1) is 0 Å². The number of nitrogens with zero attached hydrogens (tertiary/aromatic N) is 2. The third-order valence-corrected chi connectivity index (χ3v) is 4.19. The Labute approximate surface area is 160 Å². The van der Waals surface area contributed by atoms with Crippen LogP contribution in [0.3, 0.4) is 0 Å². The number of hydrogen-bond acceptors (Lipinski definition) is 5. The molecule has 0 saturated heterocycles. The average Bonchev–Trinajstić information content (AvgIpc) is 3.12. The summed E-state index contributed by atoms with van der Waals surface area (Å²) in [6, 6.07) is 15.9. The highest BCUT2D eigenvalue weighted by Crippen LogP contribution is 2.24. The first kappa shape index (κ1) is 17.2. The zero-order valence-electron chi connectivity index (χ0n) is 14.7. The smallest absolute Gasteiger partial charge is 0.219 e. The first-order valence-electron chi connectivity index (χ1n) is 8.42. The van der Waals surface area contributed by atoms with Gasteiger partial charge in [0.2, 0.25) is 5.88 Å². The lowest BCUT2D eigenvalue weighted by molar-refractivity contribution is 0.463. The molecule has 2 aromatic carbocycles. The van der Waals surface area contributed by atoms with Crippen molar-refractivity contribution in [2.45, 2.75) is 0 Å². The number of benzene rings is 2. The summed E-state index contributed by atoms with van der Waals surface area (Å²) in [7, 11) is 0. The van der Waals surface area contributed by atoms with Crippen LogP contribution in [0.2, 0.25) is 0 Å². The molecule has 4 aromatic rings.